The number of unbranched alkanes of at least 4 members (excludes halogenated alkanes) is 8. The van der Waals surface area contributed by atoms with Gasteiger partial charge < -0.3 is 120 Å². The highest BCUT2D eigenvalue weighted by Crippen LogP contribution is 2.52. The highest BCUT2D eigenvalue weighted by Gasteiger charge is 2.61. The second-order valence-corrected chi connectivity index (χ2v) is 41.7. The molecule has 0 radical (unpaired) electrons. The first-order valence-electron chi connectivity index (χ1n) is 53.1. The van der Waals surface area contributed by atoms with Crippen molar-refractivity contribution in [2.75, 3.05) is 56.2 Å². The molecule has 0 aromatic heterocycles. The molecule has 4 aromatic rings. The number of carbonyl (C=O) groups excluding carboxylic acids is 4. The van der Waals surface area contributed by atoms with Crippen LogP contribution in [0, 0.1) is 16.7 Å². The molecule has 6 heterocycles. The Balaban J connectivity index is 0.000000329. The second-order valence-electron chi connectivity index (χ2n) is 41.7. The van der Waals surface area contributed by atoms with Crippen LogP contribution in [-0.2, 0) is 140 Å². The largest absolute Gasteiger partial charge is 0.497 e. The summed E-state index contributed by atoms with van der Waals surface area (Å²) in [4.78, 5) is 77.5. The highest BCUT2D eigenvalue weighted by atomic mass is 16.7. The first kappa shape index (κ1) is 123. The van der Waals surface area contributed by atoms with Crippen molar-refractivity contribution in [1.29, 1.82) is 0 Å². The van der Waals surface area contributed by atoms with Gasteiger partial charge in [0, 0.05) is 88.6 Å². The number of hydrogen-bond donors (Lipinski definition) is 5. The summed E-state index contributed by atoms with van der Waals surface area (Å²) in [6, 6.07) is 34.3. The predicted octanol–water partition coefficient (Wildman–Crippen LogP) is 19.8. The number of aliphatic carboxylic acids is 2. The number of aliphatic hydroxyl groups excluding tert-OH is 3. The molecule has 6 fully saturated rings. The number of ether oxygens (including phenoxy) is 20. The quantitative estimate of drug-likeness (QED) is 0.00684. The van der Waals surface area contributed by atoms with Gasteiger partial charge in [-0.2, -0.15) is 0 Å². The first-order chi connectivity index (χ1) is 70.9. The van der Waals surface area contributed by atoms with Gasteiger partial charge in [-0.3, -0.25) is 19.2 Å². The Hall–Kier alpha value is -8.94. The third-order valence-electron chi connectivity index (χ3n) is 28.6. The van der Waals surface area contributed by atoms with Gasteiger partial charge in [0.1, 0.15) is 25.1 Å². The average molecular weight is 2070 g/mol. The van der Waals surface area contributed by atoms with E-state index in [4.69, 9.17) is 94.7 Å². The molecule has 31 heteroatoms. The summed E-state index contributed by atoms with van der Waals surface area (Å²) in [6.45, 7) is 27.5. The molecule has 5 N–H and O–H groups in total. The maximum Gasteiger partial charge on any atom is 0.330 e. The minimum absolute atomic E-state index is 0.0383. The van der Waals surface area contributed by atoms with Crippen molar-refractivity contribution in [1.82, 2.24) is 0 Å². The van der Waals surface area contributed by atoms with Crippen LogP contribution in [0.5, 0.6) is 11.5 Å². The second kappa shape index (κ2) is 62.9. The Labute approximate surface area is 877 Å². The molecule has 31 nitrogen and oxygen atoms in total. The fourth-order valence-corrected chi connectivity index (χ4v) is 20.5. The molecule has 6 saturated heterocycles. The number of benzene rings is 4. The van der Waals surface area contributed by atoms with E-state index in [9.17, 15) is 54.3 Å². The molecular formula is C117H170O31. The van der Waals surface area contributed by atoms with Gasteiger partial charge in [0.15, 0.2) is 12.2 Å². The van der Waals surface area contributed by atoms with E-state index < -0.39 is 138 Å². The fourth-order valence-electron chi connectivity index (χ4n) is 20.5. The van der Waals surface area contributed by atoms with Gasteiger partial charge in [0.05, 0.1) is 171 Å². The van der Waals surface area contributed by atoms with Crippen molar-refractivity contribution in [2.45, 2.75) is 409 Å². The van der Waals surface area contributed by atoms with Crippen molar-refractivity contribution in [3.63, 3.8) is 0 Å². The summed E-state index contributed by atoms with van der Waals surface area (Å²) in [7, 11) is 8.73. The van der Waals surface area contributed by atoms with Crippen molar-refractivity contribution >= 4 is 35.8 Å². The summed E-state index contributed by atoms with van der Waals surface area (Å²) >= 11 is 0. The zero-order valence-corrected chi connectivity index (χ0v) is 90.1. The maximum absolute atomic E-state index is 13.8. The SMILES string of the molecule is C=C1C[C@@H](C[C@H]2C[C@@H](C)C[C@@H](C[C@H](CC(=O)O)OCc3ccc(OC)cc3)O2)O[C@@H](/C=C/C(C)(C)[C@]2(OC)O[C@H](C[C@@H](O)[C@@H](C)OCOCc3ccccc3)C/C(=C\C(=O)OC)[C@@H]2OC(=O)CCCCCCC)C1.C=C1C[C@@H](C[C@H]2C[C@@H](O)C[C@@H](C[C@H](CC(=O)O)OCc3ccc(OC)cc3)O2)O[C@@H](/C=C/C(C)(C)[C@]2(OC)O[C@H](C[C@@H](O)[C@@H](C)OCOCc3ccccc3)C/C(=C\C(=O)OC)[C@@H]2OC(=O)CCCCCCC)C1. The molecule has 0 saturated carbocycles. The van der Waals surface area contributed by atoms with E-state index in [1.807, 2.05) is 161 Å². The Morgan fingerprint density at radius 3 is 1.20 bits per heavy atom. The van der Waals surface area contributed by atoms with Crippen LogP contribution in [0.2, 0.25) is 0 Å². The van der Waals surface area contributed by atoms with Crippen LogP contribution < -0.4 is 9.47 Å². The average Bonchev–Trinajstić information content (AvgIpc) is 0.737. The van der Waals surface area contributed by atoms with E-state index in [-0.39, 0.29) is 115 Å². The smallest absolute Gasteiger partial charge is 0.330 e. The molecule has 22 atom stereocenters. The van der Waals surface area contributed by atoms with Crippen LogP contribution in [0.1, 0.15) is 277 Å². The van der Waals surface area contributed by atoms with E-state index in [2.05, 4.69) is 33.9 Å². The number of aliphatic hydroxyl groups is 3. The molecule has 4 aromatic carbocycles. The number of esters is 4. The van der Waals surface area contributed by atoms with Crippen molar-refractivity contribution in [3.05, 3.63) is 203 Å². The number of hydrogen-bond acceptors (Lipinski definition) is 29. The standard InChI is InChI=1S/C59H86O15.C58H84O16/c1-10-11-12-13-17-20-55(63)73-57-45(32-56(64)66-8)31-52(35-53(60)42(4)70-39-68-37-43-18-15-14-16-19-43)74-59(57,67-9)58(5,6)26-25-47-27-40(2)28-50(71-47)34-51-30-41(3)29-49(72-51)33-48(36-54(61)62)69-38-44-21-23-46(65-7)24-22-44;1-9-10-11-12-16-19-54(63)73-56-43(29-55(64)66-7)28-51(34-52(60)40(3)70-38-68-36-41-17-14-13-15-18-41)74-58(56,67-8)57(4,5)25-24-46-26-39(2)27-48(71-46)33-50-31-44(59)30-49(72-50)32-47(35-53(61)62)69-37-42-20-22-45(65-6)23-21-42/h14-16,18-19,21-26,32,41-42,47-53,57,60H,2,10-13,17,20,27-31,33-39H2,1,3-9H3,(H,61,62);13-15,17-18,20-25,29,40,44,46-52,56,59-60H,2,9-12,16,19,26-28,30-38H2,1,3-8H3,(H,61,62)/b26-25+,45-32+;25-24+,43-29+/t41-,42+,47-,48+,49-,50-,51+,52-,53+,57-,59+;40-,44+,46+,47-,48+,49+,50-,51+,52-,56+,58-/m01/s1. The zero-order chi connectivity index (χ0) is 107. The van der Waals surface area contributed by atoms with E-state index in [1.165, 1.54) is 40.6 Å². The number of carboxylic acids is 2. The fraction of sp³-hybridized carbons (Fsp3) is 0.641. The molecule has 824 valence electrons. The van der Waals surface area contributed by atoms with Crippen LogP contribution in [0.25, 0.3) is 0 Å². The lowest BCUT2D eigenvalue weighted by Gasteiger charge is -2.53. The topological polar surface area (TPSA) is 388 Å². The Morgan fingerprint density at radius 2 is 0.818 bits per heavy atom. The van der Waals surface area contributed by atoms with Gasteiger partial charge in [-0.15, -0.1) is 0 Å². The predicted molar refractivity (Wildman–Crippen MR) is 557 cm³/mol. The Bertz CT molecular complexity index is 4470. The van der Waals surface area contributed by atoms with Gasteiger partial charge in [-0.1, -0.05) is 233 Å². The van der Waals surface area contributed by atoms with E-state index in [0.29, 0.717) is 113 Å². The zero-order valence-electron chi connectivity index (χ0n) is 90.1. The number of carboxylic acid groups (broad SMARTS) is 2. The number of methoxy groups -OCH3 is 6. The Kier molecular flexibility index (Phi) is 52.1. The Morgan fingerprint density at radius 1 is 0.446 bits per heavy atom. The van der Waals surface area contributed by atoms with Crippen molar-refractivity contribution < 1.29 is 149 Å². The number of rotatable bonds is 60. The normalized spacial score (nSPS) is 26.4. The van der Waals surface area contributed by atoms with Gasteiger partial charge in [-0.05, 0) is 154 Å². The summed E-state index contributed by atoms with van der Waals surface area (Å²) in [5.41, 5.74) is 4.47. The minimum atomic E-state index is -1.73. The number of carbonyl (C=O) groups is 6. The highest BCUT2D eigenvalue weighted by molar-refractivity contribution is 5.84. The molecule has 0 spiro atoms. The lowest BCUT2D eigenvalue weighted by Crippen LogP contribution is -2.63. The van der Waals surface area contributed by atoms with E-state index in [0.717, 1.165) is 103 Å². The molecule has 0 bridgehead atoms. The van der Waals surface area contributed by atoms with E-state index >= 15 is 0 Å². The molecule has 6 aliphatic rings. The maximum atomic E-state index is 13.8. The molecule has 0 aliphatic carbocycles. The van der Waals surface area contributed by atoms with Gasteiger partial charge in [-0.25, -0.2) is 9.59 Å². The summed E-state index contributed by atoms with van der Waals surface area (Å²) in [6.07, 6.45) is 15.3. The van der Waals surface area contributed by atoms with Crippen LogP contribution in [0.15, 0.2) is 181 Å². The van der Waals surface area contributed by atoms with Crippen LogP contribution in [0.3, 0.4) is 0 Å². The van der Waals surface area contributed by atoms with Crippen molar-refractivity contribution in [3.8, 4) is 11.5 Å². The van der Waals surface area contributed by atoms with Crippen LogP contribution >= 0.6 is 0 Å². The molecule has 10 rings (SSSR count). The monoisotopic (exact) mass is 2070 g/mol. The van der Waals surface area contributed by atoms with Gasteiger partial charge >= 0.3 is 35.8 Å². The third kappa shape index (κ3) is 40.3. The van der Waals surface area contributed by atoms with E-state index in [1.54, 1.807) is 28.1 Å². The summed E-state index contributed by atoms with van der Waals surface area (Å²) < 4.78 is 123. The van der Waals surface area contributed by atoms with Crippen LogP contribution in [-0.4, -0.2) is 245 Å². The molecule has 0 unspecified atom stereocenters. The first-order valence-corrected chi connectivity index (χ1v) is 53.1. The lowest BCUT2D eigenvalue weighted by molar-refractivity contribution is -0.338. The summed E-state index contributed by atoms with van der Waals surface area (Å²) in [5.74, 6) is -5.74. The molecule has 6 aliphatic heterocycles. The van der Waals surface area contributed by atoms with Gasteiger partial charge in [0.25, 0.3) is 0 Å². The molecule has 0 amide bonds. The molecular weight excluding hydrogens is 1900 g/mol. The van der Waals surface area contributed by atoms with Gasteiger partial charge in [0.2, 0.25) is 11.6 Å². The van der Waals surface area contributed by atoms with Crippen LogP contribution in [0.4, 0.5) is 0 Å². The molecule has 148 heavy (non-hydrogen) atoms. The minimum Gasteiger partial charge on any atom is -0.497 e. The van der Waals surface area contributed by atoms with Crippen molar-refractivity contribution in [2.24, 2.45) is 16.7 Å². The third-order valence-corrected chi connectivity index (χ3v) is 28.6. The summed E-state index contributed by atoms with van der Waals surface area (Å²) in [5, 5.41) is 53.7. The lowest BCUT2D eigenvalue weighted by atomic mass is 9.73.